The molecule has 4 aromatic rings. The Labute approximate surface area is 291 Å². The Morgan fingerprint density at radius 3 is 2.67 bits per heavy atom. The third-order valence-electron chi connectivity index (χ3n) is 8.70. The lowest BCUT2D eigenvalue weighted by atomic mass is 9.90. The molecular formula is C33H45ClN10O5. The van der Waals surface area contributed by atoms with Crippen LogP contribution in [0.3, 0.4) is 0 Å². The molecule has 2 aliphatic rings. The average Bonchev–Trinajstić information content (AvgIpc) is 3.79. The first-order valence-corrected chi connectivity index (χ1v) is 17.3. The van der Waals surface area contributed by atoms with Crippen molar-refractivity contribution >= 4 is 23.2 Å². The minimum Gasteiger partial charge on any atom is -0.487 e. The monoisotopic (exact) mass is 696 g/mol. The molecule has 1 atom stereocenters. The van der Waals surface area contributed by atoms with Gasteiger partial charge in [0.15, 0.2) is 0 Å². The molecule has 0 unspecified atom stereocenters. The van der Waals surface area contributed by atoms with Crippen LogP contribution in [0.15, 0.2) is 43.0 Å². The molecule has 3 aromatic heterocycles. The Bertz CT molecular complexity index is 1580. The lowest BCUT2D eigenvalue weighted by molar-refractivity contribution is 0.00502. The number of ether oxygens (including phenoxy) is 5. The average molecular weight is 697 g/mol. The number of nitrogens with zero attached hydrogens (tertiary/aromatic N) is 9. The van der Waals surface area contributed by atoms with Gasteiger partial charge in [-0.1, -0.05) is 17.7 Å². The predicted octanol–water partition coefficient (Wildman–Crippen LogP) is 4.44. The lowest BCUT2D eigenvalue weighted by Crippen LogP contribution is -2.45. The number of halogens is 1. The van der Waals surface area contributed by atoms with Crippen molar-refractivity contribution in [2.24, 2.45) is 0 Å². The van der Waals surface area contributed by atoms with Crippen LogP contribution in [0.2, 0.25) is 5.02 Å². The Hall–Kier alpha value is -3.89. The molecule has 0 radical (unpaired) electrons. The fourth-order valence-corrected chi connectivity index (χ4v) is 6.36. The molecular weight excluding hydrogens is 652 g/mol. The summed E-state index contributed by atoms with van der Waals surface area (Å²) in [4.78, 5) is 11.9. The number of benzene rings is 1. The van der Waals surface area contributed by atoms with Gasteiger partial charge in [-0.2, -0.15) is 0 Å². The zero-order valence-corrected chi connectivity index (χ0v) is 28.9. The summed E-state index contributed by atoms with van der Waals surface area (Å²) in [6.45, 7) is 8.25. The normalized spacial score (nSPS) is 19.1. The van der Waals surface area contributed by atoms with Crippen LogP contribution in [0.25, 0.3) is 11.3 Å². The van der Waals surface area contributed by atoms with Gasteiger partial charge in [-0.05, 0) is 61.2 Å². The van der Waals surface area contributed by atoms with Gasteiger partial charge in [0.25, 0.3) is 5.88 Å². The highest BCUT2D eigenvalue weighted by atomic mass is 35.5. The van der Waals surface area contributed by atoms with Crippen LogP contribution in [0, 0.1) is 0 Å². The van der Waals surface area contributed by atoms with Gasteiger partial charge < -0.3 is 29.0 Å². The second-order valence-electron chi connectivity index (χ2n) is 12.2. The van der Waals surface area contributed by atoms with Gasteiger partial charge >= 0.3 is 0 Å². The fourth-order valence-electron chi connectivity index (χ4n) is 6.19. The zero-order chi connectivity index (χ0) is 33.8. The molecule has 2 fully saturated rings. The maximum Gasteiger partial charge on any atom is 0.256 e. The van der Waals surface area contributed by atoms with Crippen LogP contribution < -0.4 is 14.8 Å². The van der Waals surface area contributed by atoms with E-state index in [1.807, 2.05) is 36.0 Å². The fraction of sp³-hybridized carbons (Fsp3) is 0.576. The number of nitrogens with one attached hydrogen (secondary N) is 1. The molecule has 15 nitrogen and oxygen atoms in total. The highest BCUT2D eigenvalue weighted by Gasteiger charge is 2.29. The van der Waals surface area contributed by atoms with Crippen molar-refractivity contribution in [2.75, 3.05) is 65.2 Å². The van der Waals surface area contributed by atoms with E-state index >= 15 is 0 Å². The first-order chi connectivity index (χ1) is 24.1. The van der Waals surface area contributed by atoms with E-state index in [-0.39, 0.29) is 12.1 Å². The first-order valence-electron chi connectivity index (χ1n) is 16.9. The molecule has 264 valence electrons. The van der Waals surface area contributed by atoms with Crippen LogP contribution in [-0.2, 0) is 20.8 Å². The van der Waals surface area contributed by atoms with Gasteiger partial charge in [-0.15, -0.1) is 10.2 Å². The second kappa shape index (κ2) is 17.7. The lowest BCUT2D eigenvalue weighted by Gasteiger charge is -2.38. The highest BCUT2D eigenvalue weighted by Crippen LogP contribution is 2.35. The number of rotatable bonds is 17. The van der Waals surface area contributed by atoms with E-state index in [4.69, 9.17) is 45.4 Å². The Balaban J connectivity index is 1.14. The van der Waals surface area contributed by atoms with Crippen molar-refractivity contribution in [2.45, 2.75) is 63.8 Å². The minimum absolute atomic E-state index is 0.222. The topological polar surface area (TPSA) is 149 Å². The van der Waals surface area contributed by atoms with Crippen LogP contribution >= 0.6 is 11.6 Å². The number of tetrazole rings is 1. The molecule has 1 aromatic carbocycles. The van der Waals surface area contributed by atoms with Crippen molar-refractivity contribution in [3.63, 3.8) is 0 Å². The van der Waals surface area contributed by atoms with Crippen LogP contribution in [0.5, 0.6) is 11.6 Å². The van der Waals surface area contributed by atoms with Gasteiger partial charge in [0.2, 0.25) is 5.95 Å². The van der Waals surface area contributed by atoms with Crippen molar-refractivity contribution in [3.8, 4) is 22.9 Å². The summed E-state index contributed by atoms with van der Waals surface area (Å²) in [7, 11) is 1.66. The van der Waals surface area contributed by atoms with E-state index in [1.165, 1.54) is 0 Å². The van der Waals surface area contributed by atoms with Gasteiger partial charge in [-0.3, -0.25) is 9.58 Å². The number of aromatic nitrogens is 8. The van der Waals surface area contributed by atoms with Crippen molar-refractivity contribution in [1.29, 1.82) is 0 Å². The molecule has 4 heterocycles. The molecule has 0 bridgehead atoms. The third-order valence-corrected chi connectivity index (χ3v) is 9.01. The third kappa shape index (κ3) is 9.85. The summed E-state index contributed by atoms with van der Waals surface area (Å²) in [6.07, 6.45) is 10.2. The van der Waals surface area contributed by atoms with Gasteiger partial charge in [0, 0.05) is 51.0 Å². The molecule has 1 aliphatic carbocycles. The second-order valence-corrected chi connectivity index (χ2v) is 12.6. The summed E-state index contributed by atoms with van der Waals surface area (Å²) in [5.74, 6) is 1.48. The molecule has 1 saturated carbocycles. The molecule has 6 rings (SSSR count). The quantitative estimate of drug-likeness (QED) is 0.155. The maximum atomic E-state index is 6.50. The van der Waals surface area contributed by atoms with Gasteiger partial charge in [-0.25, -0.2) is 14.6 Å². The Morgan fingerprint density at radius 1 is 1.04 bits per heavy atom. The summed E-state index contributed by atoms with van der Waals surface area (Å²) < 4.78 is 32.2. The summed E-state index contributed by atoms with van der Waals surface area (Å²) >= 11 is 6.50. The molecule has 1 saturated heterocycles. The zero-order valence-electron chi connectivity index (χ0n) is 28.1. The van der Waals surface area contributed by atoms with Crippen LogP contribution in [-0.4, -0.2) is 117 Å². The van der Waals surface area contributed by atoms with E-state index < -0.39 is 0 Å². The Morgan fingerprint density at radius 2 is 1.88 bits per heavy atom. The standard InChI is InChI=1S/C33H45ClN10O5/c1-24(21-43-23-36-40-41-43)49-31-20-25(4-9-28(31)34)29-10-11-35-33(37-29)38-30-22-44(39-32(30)48-15-3-14-46-19-18-45-2)27-7-5-26(6-8-27)42-12-16-47-17-13-42/h4,9-11,20,22-24,26-27H,3,5-8,12-19,21H2,1-2H3,(H,35,37,38)/t24-,26?,27?/m0/s1. The van der Waals surface area contributed by atoms with Crippen molar-refractivity contribution < 1.29 is 23.7 Å². The van der Waals surface area contributed by atoms with E-state index in [0.29, 0.717) is 73.0 Å². The number of hydrogen-bond acceptors (Lipinski definition) is 13. The smallest absolute Gasteiger partial charge is 0.256 e. The summed E-state index contributed by atoms with van der Waals surface area (Å²) in [6, 6.07) is 8.32. The minimum atomic E-state index is -0.222. The van der Waals surface area contributed by atoms with Crippen molar-refractivity contribution in [3.05, 3.63) is 48.0 Å². The largest absolute Gasteiger partial charge is 0.487 e. The molecule has 1 aliphatic heterocycles. The Kier molecular flexibility index (Phi) is 12.6. The highest BCUT2D eigenvalue weighted by molar-refractivity contribution is 6.32. The van der Waals surface area contributed by atoms with E-state index in [0.717, 1.165) is 64.0 Å². The molecule has 49 heavy (non-hydrogen) atoms. The van der Waals surface area contributed by atoms with Crippen molar-refractivity contribution in [1.82, 2.24) is 44.9 Å². The van der Waals surface area contributed by atoms with Crippen LogP contribution in [0.4, 0.5) is 11.6 Å². The number of methoxy groups -OCH3 is 1. The molecule has 0 spiro atoms. The summed E-state index contributed by atoms with van der Waals surface area (Å²) in [5.41, 5.74) is 2.25. The van der Waals surface area contributed by atoms with E-state index in [9.17, 15) is 0 Å². The molecule has 1 N–H and O–H groups in total. The number of anilines is 2. The molecule has 16 heteroatoms. The number of hydrogen-bond donors (Lipinski definition) is 1. The van der Waals surface area contributed by atoms with E-state index in [2.05, 4.69) is 30.7 Å². The number of morpholine rings is 1. The molecule has 0 amide bonds. The SMILES string of the molecule is COCCOCCCOc1nn(C2CCC(N3CCOCC3)CC2)cc1Nc1nccc(-c2ccc(Cl)c(O[C@@H](C)Cn3cnnn3)c2)n1. The van der Waals surface area contributed by atoms with E-state index in [1.54, 1.807) is 30.4 Å². The maximum absolute atomic E-state index is 6.50. The summed E-state index contributed by atoms with van der Waals surface area (Å²) in [5, 5.41) is 20.0. The van der Waals surface area contributed by atoms with Gasteiger partial charge in [0.1, 0.15) is 23.9 Å². The first kappa shape index (κ1) is 35.0. The predicted molar refractivity (Wildman–Crippen MR) is 182 cm³/mol. The van der Waals surface area contributed by atoms with Crippen LogP contribution in [0.1, 0.15) is 45.1 Å². The van der Waals surface area contributed by atoms with Gasteiger partial charge in [0.05, 0.1) is 62.5 Å².